The van der Waals surface area contributed by atoms with E-state index in [4.69, 9.17) is 11.6 Å². The Hall–Kier alpha value is 0.210. The quantitative estimate of drug-likeness (QED) is 0.701. The van der Waals surface area contributed by atoms with Crippen LogP contribution >= 0.6 is 38.9 Å². The lowest BCUT2D eigenvalue weighted by Crippen LogP contribution is -1.79. The standard InChI is InChI=1S/C9H10BrClS/c1-2-7(5-10)3-9-4-8(11)6-12-9/h3-4,6H,2,5H2,1H3. The molecule has 1 rings (SSSR count). The second-order valence-electron chi connectivity index (χ2n) is 2.46. The molecule has 0 saturated carbocycles. The number of rotatable bonds is 3. The van der Waals surface area contributed by atoms with Gasteiger partial charge in [0.1, 0.15) is 0 Å². The average molecular weight is 266 g/mol. The molecule has 0 fully saturated rings. The highest BCUT2D eigenvalue weighted by Gasteiger charge is 1.96. The van der Waals surface area contributed by atoms with Crippen molar-refractivity contribution in [3.63, 3.8) is 0 Å². The molecule has 0 unspecified atom stereocenters. The van der Waals surface area contributed by atoms with Crippen LogP contribution in [0.5, 0.6) is 0 Å². The maximum absolute atomic E-state index is 5.80. The zero-order chi connectivity index (χ0) is 8.97. The monoisotopic (exact) mass is 264 g/mol. The molecule has 0 saturated heterocycles. The minimum atomic E-state index is 0.830. The molecule has 0 amide bonds. The average Bonchev–Trinajstić information content (AvgIpc) is 2.47. The second kappa shape index (κ2) is 5.05. The summed E-state index contributed by atoms with van der Waals surface area (Å²) >= 11 is 10.9. The van der Waals surface area contributed by atoms with Gasteiger partial charge in [-0.25, -0.2) is 0 Å². The molecule has 12 heavy (non-hydrogen) atoms. The van der Waals surface area contributed by atoms with E-state index in [0.717, 1.165) is 16.8 Å². The molecule has 0 atom stereocenters. The van der Waals surface area contributed by atoms with Crippen molar-refractivity contribution >= 4 is 44.9 Å². The van der Waals surface area contributed by atoms with E-state index < -0.39 is 0 Å². The molecule has 0 nitrogen and oxygen atoms in total. The molecule has 0 aliphatic carbocycles. The van der Waals surface area contributed by atoms with Crippen LogP contribution in [-0.4, -0.2) is 5.33 Å². The molecule has 0 radical (unpaired) electrons. The van der Waals surface area contributed by atoms with E-state index in [1.807, 2.05) is 11.4 Å². The maximum Gasteiger partial charge on any atom is 0.0519 e. The summed E-state index contributed by atoms with van der Waals surface area (Å²) < 4.78 is 0. The lowest BCUT2D eigenvalue weighted by atomic mass is 10.2. The van der Waals surface area contributed by atoms with Gasteiger partial charge >= 0.3 is 0 Å². The molecule has 0 bridgehead atoms. The van der Waals surface area contributed by atoms with Crippen LogP contribution in [0.2, 0.25) is 5.02 Å². The van der Waals surface area contributed by atoms with Crippen LogP contribution in [0.1, 0.15) is 18.2 Å². The summed E-state index contributed by atoms with van der Waals surface area (Å²) in [7, 11) is 0. The molecular weight excluding hydrogens is 256 g/mol. The summed E-state index contributed by atoms with van der Waals surface area (Å²) in [6, 6.07) is 1.99. The van der Waals surface area contributed by atoms with Gasteiger partial charge in [-0.3, -0.25) is 0 Å². The Morgan fingerprint density at radius 3 is 2.92 bits per heavy atom. The van der Waals surface area contributed by atoms with Crippen LogP contribution in [0.3, 0.4) is 0 Å². The minimum absolute atomic E-state index is 0.830. The largest absolute Gasteiger partial charge is 0.143 e. The zero-order valence-corrected chi connectivity index (χ0v) is 9.97. The third kappa shape index (κ3) is 2.92. The summed E-state index contributed by atoms with van der Waals surface area (Å²) in [6.07, 6.45) is 3.27. The van der Waals surface area contributed by atoms with Crippen LogP contribution in [0.15, 0.2) is 17.0 Å². The van der Waals surface area contributed by atoms with Crippen molar-refractivity contribution < 1.29 is 0 Å². The molecule has 1 aromatic rings. The highest BCUT2D eigenvalue weighted by Crippen LogP contribution is 2.22. The highest BCUT2D eigenvalue weighted by atomic mass is 79.9. The summed E-state index contributed by atoms with van der Waals surface area (Å²) in [6.45, 7) is 2.16. The third-order valence-corrected chi connectivity index (χ3v) is 3.51. The topological polar surface area (TPSA) is 0 Å². The normalized spacial score (nSPS) is 12.1. The fraction of sp³-hybridized carbons (Fsp3) is 0.333. The van der Waals surface area contributed by atoms with Gasteiger partial charge in [0, 0.05) is 15.6 Å². The summed E-state index contributed by atoms with van der Waals surface area (Å²) in [5.74, 6) is 0. The van der Waals surface area contributed by atoms with Crippen molar-refractivity contribution in [3.05, 3.63) is 26.9 Å². The van der Waals surface area contributed by atoms with E-state index in [1.54, 1.807) is 11.3 Å². The highest BCUT2D eigenvalue weighted by molar-refractivity contribution is 9.09. The predicted octanol–water partition coefficient (Wildman–Crippen LogP) is 4.59. The second-order valence-corrected chi connectivity index (χ2v) is 4.40. The van der Waals surface area contributed by atoms with Gasteiger partial charge < -0.3 is 0 Å². The van der Waals surface area contributed by atoms with E-state index in [9.17, 15) is 0 Å². The molecule has 3 heteroatoms. The lowest BCUT2D eigenvalue weighted by molar-refractivity contribution is 1.13. The first-order valence-electron chi connectivity index (χ1n) is 3.75. The van der Waals surface area contributed by atoms with Crippen LogP contribution < -0.4 is 0 Å². The Morgan fingerprint density at radius 1 is 1.75 bits per heavy atom. The van der Waals surface area contributed by atoms with Crippen LogP contribution in [0.4, 0.5) is 0 Å². The van der Waals surface area contributed by atoms with Gasteiger partial charge in [-0.2, -0.15) is 0 Å². The fourth-order valence-electron chi connectivity index (χ4n) is 0.840. The van der Waals surface area contributed by atoms with Gasteiger partial charge in [0.25, 0.3) is 0 Å². The molecule has 0 aromatic carbocycles. The molecule has 66 valence electrons. The first-order valence-corrected chi connectivity index (χ1v) is 6.13. The van der Waals surface area contributed by atoms with Gasteiger partial charge in [-0.1, -0.05) is 40.0 Å². The van der Waals surface area contributed by atoms with Gasteiger partial charge in [0.2, 0.25) is 0 Å². The van der Waals surface area contributed by atoms with Gasteiger partial charge in [-0.05, 0) is 18.6 Å². The molecule has 1 aromatic heterocycles. The van der Waals surface area contributed by atoms with Gasteiger partial charge in [-0.15, -0.1) is 11.3 Å². The Balaban J connectivity index is 2.78. The third-order valence-electron chi connectivity index (χ3n) is 1.56. The smallest absolute Gasteiger partial charge is 0.0519 e. The van der Waals surface area contributed by atoms with Crippen LogP contribution in [-0.2, 0) is 0 Å². The molecule has 1 heterocycles. The van der Waals surface area contributed by atoms with Gasteiger partial charge in [0.15, 0.2) is 0 Å². The first-order chi connectivity index (χ1) is 5.76. The van der Waals surface area contributed by atoms with Crippen molar-refractivity contribution in [1.82, 2.24) is 0 Å². The van der Waals surface area contributed by atoms with E-state index in [-0.39, 0.29) is 0 Å². The molecule has 0 spiro atoms. The molecule has 0 N–H and O–H groups in total. The number of allylic oxidation sites excluding steroid dienone is 1. The van der Waals surface area contributed by atoms with E-state index in [1.165, 1.54) is 10.5 Å². The number of hydrogen-bond donors (Lipinski definition) is 0. The van der Waals surface area contributed by atoms with E-state index in [2.05, 4.69) is 28.9 Å². The summed E-state index contributed by atoms with van der Waals surface area (Å²) in [5.41, 5.74) is 1.40. The Morgan fingerprint density at radius 2 is 2.50 bits per heavy atom. The van der Waals surface area contributed by atoms with E-state index in [0.29, 0.717) is 0 Å². The lowest BCUT2D eigenvalue weighted by Gasteiger charge is -1.95. The number of alkyl halides is 1. The van der Waals surface area contributed by atoms with Crippen molar-refractivity contribution in [2.45, 2.75) is 13.3 Å². The first kappa shape index (κ1) is 10.3. The van der Waals surface area contributed by atoms with Crippen LogP contribution in [0.25, 0.3) is 6.08 Å². The SMILES string of the molecule is CCC(=Cc1cc(Cl)cs1)CBr. The van der Waals surface area contributed by atoms with Crippen molar-refractivity contribution in [2.75, 3.05) is 5.33 Å². The number of halogens is 2. The Kier molecular flexibility index (Phi) is 4.33. The minimum Gasteiger partial charge on any atom is -0.143 e. The zero-order valence-electron chi connectivity index (χ0n) is 6.81. The number of hydrogen-bond acceptors (Lipinski definition) is 1. The Bertz CT molecular complexity index is 272. The number of thiophene rings is 1. The molecule has 0 aliphatic heterocycles. The molecule has 0 aliphatic rings. The van der Waals surface area contributed by atoms with Crippen molar-refractivity contribution in [1.29, 1.82) is 0 Å². The Labute approximate surface area is 90.4 Å². The fourth-order valence-corrected chi connectivity index (χ4v) is 2.46. The van der Waals surface area contributed by atoms with E-state index >= 15 is 0 Å². The predicted molar refractivity (Wildman–Crippen MR) is 61.4 cm³/mol. The van der Waals surface area contributed by atoms with Gasteiger partial charge in [0.05, 0.1) is 5.02 Å². The summed E-state index contributed by atoms with van der Waals surface area (Å²) in [5, 5.41) is 3.73. The van der Waals surface area contributed by atoms with Crippen LogP contribution in [0, 0.1) is 0 Å². The van der Waals surface area contributed by atoms with Crippen molar-refractivity contribution in [3.8, 4) is 0 Å². The molecular formula is C9H10BrClS. The maximum atomic E-state index is 5.80. The van der Waals surface area contributed by atoms with Crippen molar-refractivity contribution in [2.24, 2.45) is 0 Å². The summed E-state index contributed by atoms with van der Waals surface area (Å²) in [4.78, 5) is 1.23.